The van der Waals surface area contributed by atoms with E-state index < -0.39 is 162 Å². The van der Waals surface area contributed by atoms with Crippen LogP contribution in [0.2, 0.25) is 0 Å². The number of fused-ring (bicyclic) bond motifs is 6. The standard InChI is InChI=1S/C18H13N2O.2C18H17N2O.C17H13N2O.C13H12N.C12H10N.C6H7N.2C6H5.C5H5N.2CH4.4Ir/c1-11-6-9-16(19-10-11)15-5-3-4-13-14-8-7-12(2)20-18(14)21-17(13)15;2*1-5-14-15-8-7-12(3)20-18(15)21-17(14)13(4)16-9-6-11(2)10-19-16;1-4-13-14-9-8-11(2)19-17(14)20-16(13)12(3)15-7-5-6-10-18-15;1-10-3-6-12(7-4-10)13-8-5-11(2)9-14-13;1-10-7-8-12(13-9-10)11-5-3-2-4-6-11;1-6-2-4-7-5-3-6;3*1-2-4-6-5-3-1;;;;;;/h3-4,6-10H,1-2H3;2*4-10,14,17H,1H2,2-3H3;3-10H,1H2,2H3;3-6,8-9H,1-2H3;2-5,7-9H,1H3;2-5H,1H3;3*1-5H;2*1H4;;;;/q6*-1;;2*-1;;;;;;;/i1D3,2D3,6D,9D;2*2D3,3D3,6D,9D;2D3,5D,6D,7D,10D;1D3,2D3;1D3;;;;;2*1D3;;;;. The Kier molecular flexibility index (Phi) is 26.7. The molecule has 0 fully saturated rings. The fourth-order valence-corrected chi connectivity index (χ4v) is 12.3. The topological polar surface area (TPSA) is 199 Å². The Morgan fingerprint density at radius 1 is 0.404 bits per heavy atom. The molecule has 141 heavy (non-hydrogen) atoms. The first-order valence-electron chi connectivity index (χ1n) is 64.0. The van der Waals surface area contributed by atoms with Crippen molar-refractivity contribution in [2.75, 3.05) is 0 Å². The normalized spacial score (nSPS) is 18.0. The molecular weight excluding hydrogens is 2450 g/mol. The van der Waals surface area contributed by atoms with Gasteiger partial charge < -0.3 is 48.2 Å². The first kappa shape index (κ1) is 63.5. The zero-order valence-electron chi connectivity index (χ0n) is 120. The summed E-state index contributed by atoms with van der Waals surface area (Å²) in [4.78, 5) is 47.9. The number of hydrogen-bond acceptors (Lipinski definition) is 16. The minimum atomic E-state index is -2.58. The summed E-state index contributed by atoms with van der Waals surface area (Å²) in [5, 5.41) is 1.67. The molecular formula is C121H112Ir4N12O4-8. The van der Waals surface area contributed by atoms with Crippen LogP contribution in [0.15, 0.2) is 375 Å². The molecule has 2 aliphatic rings. The summed E-state index contributed by atoms with van der Waals surface area (Å²) < 4.78 is 360. The van der Waals surface area contributed by atoms with Gasteiger partial charge in [0, 0.05) is 257 Å². The van der Waals surface area contributed by atoms with E-state index in [1.807, 2.05) is 116 Å². The van der Waals surface area contributed by atoms with Crippen molar-refractivity contribution in [3.63, 3.8) is 0 Å². The van der Waals surface area contributed by atoms with Gasteiger partial charge in [-0.25, -0.2) is 26.5 Å². The number of rotatable bonds is 12. The van der Waals surface area contributed by atoms with Crippen LogP contribution >= 0.6 is 0 Å². The summed E-state index contributed by atoms with van der Waals surface area (Å²) >= 11 is 0. The minimum absolute atomic E-state index is 0. The van der Waals surface area contributed by atoms with Crippen LogP contribution in [0.4, 0.5) is 0 Å². The van der Waals surface area contributed by atoms with Crippen LogP contribution in [0.25, 0.3) is 89.7 Å². The van der Waals surface area contributed by atoms with Gasteiger partial charge in [-0.1, -0.05) is 147 Å². The van der Waals surface area contributed by atoms with Gasteiger partial charge >= 0.3 is 0 Å². The molecule has 14 aromatic heterocycles. The molecule has 19 aromatic rings. The van der Waals surface area contributed by atoms with Crippen molar-refractivity contribution < 1.29 is 162 Å². The van der Waals surface area contributed by atoms with Crippen LogP contribution in [0, 0.1) is 126 Å². The smallest absolute Gasteiger partial charge is 0.218 e. The number of aromatic nitrogens is 12. The van der Waals surface area contributed by atoms with Crippen molar-refractivity contribution in [1.82, 2.24) is 59.8 Å². The van der Waals surface area contributed by atoms with Gasteiger partial charge in [-0.15, -0.1) is 120 Å². The van der Waals surface area contributed by atoms with Crippen molar-refractivity contribution in [2.24, 2.45) is 0 Å². The third kappa shape index (κ3) is 33.6. The molecule has 724 valence electrons. The maximum atomic E-state index is 8.23. The maximum Gasteiger partial charge on any atom is 0.218 e. The van der Waals surface area contributed by atoms with Gasteiger partial charge in [0.2, 0.25) is 23.2 Å². The number of hydrogen-bond donors (Lipinski definition) is 0. The predicted molar refractivity (Wildman–Crippen MR) is 557 cm³/mol. The van der Waals surface area contributed by atoms with Crippen LogP contribution < -0.4 is 9.47 Å². The molecule has 0 amide bonds. The van der Waals surface area contributed by atoms with E-state index in [2.05, 4.69) is 110 Å². The Bertz CT molecular complexity index is 8730. The Hall–Kier alpha value is -14.1. The Morgan fingerprint density at radius 2 is 0.887 bits per heavy atom. The van der Waals surface area contributed by atoms with E-state index in [-0.39, 0.29) is 222 Å². The summed E-state index contributed by atoms with van der Waals surface area (Å²) in [6.45, 7) is 8.00. The summed E-state index contributed by atoms with van der Waals surface area (Å²) in [5.41, 5.74) is 4.96. The number of aryl methyl sites for hydroxylation is 11. The van der Waals surface area contributed by atoms with E-state index in [1.165, 1.54) is 72.6 Å². The number of ether oxygens (including phenoxy) is 2. The molecule has 5 aromatic carbocycles. The third-order valence-electron chi connectivity index (χ3n) is 18.7. The Morgan fingerprint density at radius 3 is 1.33 bits per heavy atom. The largest absolute Gasteiger partial charge is 0.501 e. The molecule has 16 heterocycles. The molecule has 0 saturated heterocycles. The van der Waals surface area contributed by atoms with Crippen molar-refractivity contribution in [2.45, 2.75) is 114 Å². The van der Waals surface area contributed by atoms with Crippen molar-refractivity contribution in [1.29, 1.82) is 0 Å². The predicted octanol–water partition coefficient (Wildman–Crippen LogP) is 28.5. The van der Waals surface area contributed by atoms with Crippen LogP contribution in [0.3, 0.4) is 0 Å². The number of pyridine rings is 12. The van der Waals surface area contributed by atoms with Crippen LogP contribution in [-0.4, -0.2) is 72.0 Å². The Labute approximate surface area is 950 Å². The Balaban J connectivity index is 0.000000322. The maximum absolute atomic E-state index is 8.23. The van der Waals surface area contributed by atoms with Gasteiger partial charge in [-0.3, -0.25) is 23.1 Å². The quantitative estimate of drug-likeness (QED) is 0.0825. The van der Waals surface area contributed by atoms with E-state index in [9.17, 15) is 0 Å². The molecule has 0 aliphatic carbocycles. The molecule has 0 bridgehead atoms. The summed E-state index contributed by atoms with van der Waals surface area (Å²) in [6, 6.07) is 72.9. The van der Waals surface area contributed by atoms with Gasteiger partial charge in [0.1, 0.15) is 12.2 Å². The van der Waals surface area contributed by atoms with Crippen molar-refractivity contribution >= 4 is 56.0 Å². The van der Waals surface area contributed by atoms with E-state index >= 15 is 0 Å². The van der Waals surface area contributed by atoms with E-state index in [0.29, 0.717) is 44.1 Å². The van der Waals surface area contributed by atoms with Gasteiger partial charge in [-0.05, 0) is 197 Å². The number of nitrogens with zero attached hydrogens (tertiary/aromatic N) is 12. The zero-order chi connectivity index (χ0) is 136. The van der Waals surface area contributed by atoms with Gasteiger partial charge in [0.25, 0.3) is 0 Å². The first-order chi connectivity index (χ1) is 85.4. The summed E-state index contributed by atoms with van der Waals surface area (Å²) in [7, 11) is -2.83. The molecule has 21 rings (SSSR count). The second-order valence-corrected chi connectivity index (χ2v) is 28.0. The van der Waals surface area contributed by atoms with Crippen molar-refractivity contribution in [3.8, 4) is 45.5 Å². The minimum Gasteiger partial charge on any atom is -0.501 e. The van der Waals surface area contributed by atoms with Gasteiger partial charge in [0.15, 0.2) is 0 Å². The third-order valence-corrected chi connectivity index (χ3v) is 18.7. The molecule has 0 saturated carbocycles. The fourth-order valence-electron chi connectivity index (χ4n) is 12.3. The molecule has 0 spiro atoms. The molecule has 4 atom stereocenters. The van der Waals surface area contributed by atoms with Crippen LogP contribution in [-0.2, 0) is 80.4 Å². The average Bonchev–Trinajstić information content (AvgIpc) is 1.60. The van der Waals surface area contributed by atoms with Crippen LogP contribution in [0.5, 0.6) is 11.8 Å². The van der Waals surface area contributed by atoms with E-state index in [4.69, 9.17) is 101 Å². The number of benzene rings is 5. The fraction of sp³-hybridized carbons (Fsp3) is 0.140. The van der Waals surface area contributed by atoms with E-state index in [1.54, 1.807) is 97.6 Å². The zero-order valence-corrected chi connectivity index (χ0v) is 83.9. The van der Waals surface area contributed by atoms with Gasteiger partial charge in [0.05, 0.1) is 16.5 Å². The number of furan rings is 2. The molecule has 20 heteroatoms. The second-order valence-electron chi connectivity index (χ2n) is 28.0. The molecule has 16 nitrogen and oxygen atoms in total. The SMILES string of the molecule is Cc1ccncc1.[2H]C([2H])([2H])c1c[c-]c(-c2ccc(C([2H])([2H])[2H])cn2)cc1.[2H]C([2H])([2H])c1ccc(-c2[c-]cccc2)nc1.[2H]C([2H])[2H].[2H]C([2H])[2H].[2H]c1c(C([2H])([2H])[2H])cnc(-c2[c-]ccc3c2oc2nc(C([2H])([2H])[2H])ccc23)c1[2H].[2H]c1c(C([2H])([2H])[2H])cnc(C(=[CH-])C2Oc3nc(C([2H])([2H])[2H])ccc3C2C=C)c1[2H].[2H]c1c(C([2H])([2H])[2H])cnc(C(=[CH-])C2Oc3nc(C([2H])([2H])[2H])ccc3C2C=C)c1[2H].[2H]c1nc(C(=[CH-])c2oc3nc(C([2H])([2H])[2H])ccc3c2C=C)c([2H])c([2H])c1[2H].[Ir].[Ir].[Ir].[Ir].[c-]1ccccc1.[c-]1ccccc1.c1ccncc1. The van der Waals surface area contributed by atoms with Crippen molar-refractivity contribution in [3.05, 3.63) is 518 Å². The molecule has 4 radical (unpaired) electrons. The van der Waals surface area contributed by atoms with Crippen LogP contribution in [0.1, 0.15) is 191 Å². The molecule has 4 unspecified atom stereocenters. The monoisotopic (exact) mass is 2620 g/mol. The summed E-state index contributed by atoms with van der Waals surface area (Å²) in [6.07, 6.45) is 15.1. The molecule has 2 aliphatic heterocycles. The van der Waals surface area contributed by atoms with Gasteiger partial charge in [-0.2, -0.15) is 83.9 Å². The second kappa shape index (κ2) is 59.3. The summed E-state index contributed by atoms with van der Waals surface area (Å²) in [5.74, 6) is -0.740. The first-order valence-corrected chi connectivity index (χ1v) is 40.5. The molecule has 0 N–H and O–H groups in total. The average molecular weight is 2610 g/mol. The van der Waals surface area contributed by atoms with E-state index in [0.717, 1.165) is 29.8 Å².